The Morgan fingerprint density at radius 2 is 1.56 bits per heavy atom. The fourth-order valence-corrected chi connectivity index (χ4v) is 4.98. The Morgan fingerprint density at radius 1 is 1.04 bits per heavy atom. The number of fused-ring (bicyclic) bond motifs is 2. The zero-order valence-electron chi connectivity index (χ0n) is 15.4. The number of piperidine rings is 1. The highest BCUT2D eigenvalue weighted by atomic mass is 16.5. The fourth-order valence-electron chi connectivity index (χ4n) is 4.98. The van der Waals surface area contributed by atoms with E-state index in [1.807, 2.05) is 45.0 Å². The van der Waals surface area contributed by atoms with Crippen molar-refractivity contribution in [2.75, 3.05) is 7.11 Å². The second kappa shape index (κ2) is 5.62. The van der Waals surface area contributed by atoms with E-state index in [-0.39, 0.29) is 11.8 Å². The lowest BCUT2D eigenvalue weighted by Crippen LogP contribution is -2.62. The topological polar surface area (TPSA) is 46.6 Å². The molecule has 2 bridgehead atoms. The lowest BCUT2D eigenvalue weighted by Gasteiger charge is -2.55. The number of ether oxygens (including phenoxy) is 1. The highest BCUT2D eigenvalue weighted by molar-refractivity contribution is 6.03. The fraction of sp³-hybridized carbons (Fsp3) is 0.524. The van der Waals surface area contributed by atoms with Crippen LogP contribution in [0, 0.1) is 28.6 Å². The van der Waals surface area contributed by atoms with Crippen molar-refractivity contribution in [1.82, 2.24) is 4.90 Å². The van der Waals surface area contributed by atoms with Gasteiger partial charge in [-0.25, -0.2) is 0 Å². The van der Waals surface area contributed by atoms with Crippen molar-refractivity contribution in [1.29, 1.82) is 0 Å². The van der Waals surface area contributed by atoms with E-state index in [0.717, 1.165) is 11.3 Å². The molecule has 132 valence electrons. The smallest absolute Gasteiger partial charge is 0.235 e. The Labute approximate surface area is 149 Å². The lowest BCUT2D eigenvalue weighted by atomic mass is 9.52. The number of benzene rings is 1. The van der Waals surface area contributed by atoms with Crippen molar-refractivity contribution in [2.24, 2.45) is 16.2 Å². The maximum atomic E-state index is 13.2. The average molecular weight is 339 g/mol. The minimum absolute atomic E-state index is 0.105. The van der Waals surface area contributed by atoms with Gasteiger partial charge in [0.2, 0.25) is 11.8 Å². The van der Waals surface area contributed by atoms with E-state index >= 15 is 0 Å². The number of carbonyl (C=O) groups is 2. The maximum absolute atomic E-state index is 13.2. The molecule has 0 spiro atoms. The van der Waals surface area contributed by atoms with E-state index < -0.39 is 16.2 Å². The van der Waals surface area contributed by atoms with E-state index in [1.165, 1.54) is 4.90 Å². The standard InChI is InChI=1S/C21H25NO3/c1-6-19(2)12-20(3)14-21(4,13-19)18(24)22(17(20)23)11-15-7-9-16(25-5)10-8-15/h1,7-10H,11-14H2,2-5H3. The summed E-state index contributed by atoms with van der Waals surface area (Å²) in [6.07, 6.45) is 7.56. The van der Waals surface area contributed by atoms with Gasteiger partial charge in [-0.3, -0.25) is 14.5 Å². The minimum Gasteiger partial charge on any atom is -0.497 e. The van der Waals surface area contributed by atoms with Crippen LogP contribution in [0.1, 0.15) is 45.6 Å². The summed E-state index contributed by atoms with van der Waals surface area (Å²) < 4.78 is 5.16. The van der Waals surface area contributed by atoms with Crippen LogP contribution in [0.3, 0.4) is 0 Å². The van der Waals surface area contributed by atoms with E-state index in [9.17, 15) is 9.59 Å². The molecule has 2 unspecified atom stereocenters. The normalized spacial score (nSPS) is 34.6. The molecule has 1 saturated heterocycles. The van der Waals surface area contributed by atoms with Gasteiger partial charge in [0.15, 0.2) is 0 Å². The number of imide groups is 1. The third-order valence-electron chi connectivity index (χ3n) is 5.71. The van der Waals surface area contributed by atoms with Gasteiger partial charge in [0, 0.05) is 16.2 Å². The van der Waals surface area contributed by atoms with Crippen LogP contribution in [0.2, 0.25) is 0 Å². The average Bonchev–Trinajstić information content (AvgIpc) is 2.57. The second-order valence-corrected chi connectivity index (χ2v) is 8.40. The van der Waals surface area contributed by atoms with Crippen LogP contribution in [-0.4, -0.2) is 23.8 Å². The van der Waals surface area contributed by atoms with Gasteiger partial charge in [0.25, 0.3) is 0 Å². The SMILES string of the molecule is C#CC1(C)CC2(C)CC(C)(C1)C(=O)N(Cc1ccc(OC)cc1)C2=O. The molecule has 0 radical (unpaired) electrons. The number of amides is 2. The summed E-state index contributed by atoms with van der Waals surface area (Å²) >= 11 is 0. The molecule has 4 nitrogen and oxygen atoms in total. The molecular formula is C21H25NO3. The molecule has 1 saturated carbocycles. The van der Waals surface area contributed by atoms with Gasteiger partial charge in [-0.05, 0) is 43.9 Å². The predicted molar refractivity (Wildman–Crippen MR) is 95.6 cm³/mol. The molecule has 2 fully saturated rings. The molecule has 4 heteroatoms. The van der Waals surface area contributed by atoms with Gasteiger partial charge in [-0.2, -0.15) is 0 Å². The zero-order chi connectivity index (χ0) is 18.5. The summed E-state index contributed by atoms with van der Waals surface area (Å²) in [7, 11) is 1.61. The number of hydrogen-bond acceptors (Lipinski definition) is 3. The number of hydrogen-bond donors (Lipinski definition) is 0. The molecular weight excluding hydrogens is 314 g/mol. The predicted octanol–water partition coefficient (Wildman–Crippen LogP) is 3.40. The monoisotopic (exact) mass is 339 g/mol. The molecule has 0 aromatic heterocycles. The zero-order valence-corrected chi connectivity index (χ0v) is 15.4. The molecule has 1 aromatic rings. The summed E-state index contributed by atoms with van der Waals surface area (Å²) in [4.78, 5) is 27.7. The van der Waals surface area contributed by atoms with Gasteiger partial charge in [0.1, 0.15) is 5.75 Å². The highest BCUT2D eigenvalue weighted by Gasteiger charge is 2.61. The molecule has 0 N–H and O–H groups in total. The number of carbonyl (C=O) groups excluding carboxylic acids is 2. The third-order valence-corrected chi connectivity index (χ3v) is 5.71. The molecule has 2 atom stereocenters. The van der Waals surface area contributed by atoms with Crippen molar-refractivity contribution in [3.8, 4) is 18.1 Å². The third kappa shape index (κ3) is 2.82. The molecule has 2 amide bonds. The van der Waals surface area contributed by atoms with Crippen molar-refractivity contribution < 1.29 is 14.3 Å². The Balaban J connectivity index is 1.93. The first-order chi connectivity index (χ1) is 11.6. The largest absolute Gasteiger partial charge is 0.497 e. The summed E-state index contributed by atoms with van der Waals surface area (Å²) in [5.41, 5.74) is -0.683. The summed E-state index contributed by atoms with van der Waals surface area (Å²) in [6, 6.07) is 7.46. The van der Waals surface area contributed by atoms with Gasteiger partial charge in [0.05, 0.1) is 13.7 Å². The molecule has 1 aromatic carbocycles. The van der Waals surface area contributed by atoms with Crippen LogP contribution < -0.4 is 4.74 Å². The van der Waals surface area contributed by atoms with Crippen LogP contribution in [0.5, 0.6) is 5.75 Å². The molecule has 1 heterocycles. The first kappa shape index (κ1) is 17.5. The Hall–Kier alpha value is -2.28. The van der Waals surface area contributed by atoms with Crippen LogP contribution in [0.4, 0.5) is 0 Å². The van der Waals surface area contributed by atoms with E-state index in [0.29, 0.717) is 25.8 Å². The van der Waals surface area contributed by atoms with Crippen LogP contribution in [-0.2, 0) is 16.1 Å². The van der Waals surface area contributed by atoms with Crippen LogP contribution >= 0.6 is 0 Å². The summed E-state index contributed by atoms with van der Waals surface area (Å²) in [5.74, 6) is 3.38. The van der Waals surface area contributed by atoms with E-state index in [2.05, 4.69) is 5.92 Å². The number of rotatable bonds is 3. The number of methoxy groups -OCH3 is 1. The Bertz CT molecular complexity index is 730. The van der Waals surface area contributed by atoms with Crippen LogP contribution in [0.15, 0.2) is 24.3 Å². The van der Waals surface area contributed by atoms with Gasteiger partial charge in [-0.1, -0.05) is 26.0 Å². The van der Waals surface area contributed by atoms with Crippen LogP contribution in [0.25, 0.3) is 0 Å². The van der Waals surface area contributed by atoms with Gasteiger partial charge >= 0.3 is 0 Å². The van der Waals surface area contributed by atoms with Gasteiger partial charge < -0.3 is 4.74 Å². The summed E-state index contributed by atoms with van der Waals surface area (Å²) in [5, 5.41) is 0. The van der Waals surface area contributed by atoms with Crippen molar-refractivity contribution in [3.63, 3.8) is 0 Å². The van der Waals surface area contributed by atoms with Crippen molar-refractivity contribution in [2.45, 2.75) is 46.6 Å². The molecule has 1 aliphatic heterocycles. The lowest BCUT2D eigenvalue weighted by molar-refractivity contribution is -0.177. The Kier molecular flexibility index (Phi) is 3.95. The first-order valence-corrected chi connectivity index (χ1v) is 8.62. The molecule has 25 heavy (non-hydrogen) atoms. The van der Waals surface area contributed by atoms with E-state index in [4.69, 9.17) is 11.2 Å². The Morgan fingerprint density at radius 3 is 2.00 bits per heavy atom. The van der Waals surface area contributed by atoms with E-state index in [1.54, 1.807) is 7.11 Å². The highest BCUT2D eigenvalue weighted by Crippen LogP contribution is 2.58. The minimum atomic E-state index is -0.589. The summed E-state index contributed by atoms with van der Waals surface area (Å²) in [6.45, 7) is 6.19. The maximum Gasteiger partial charge on any atom is 0.235 e. The second-order valence-electron chi connectivity index (χ2n) is 8.40. The molecule has 3 rings (SSSR count). The van der Waals surface area contributed by atoms with Crippen molar-refractivity contribution in [3.05, 3.63) is 29.8 Å². The van der Waals surface area contributed by atoms with Crippen molar-refractivity contribution >= 4 is 11.8 Å². The molecule has 2 aliphatic rings. The number of terminal acetylenes is 1. The quantitative estimate of drug-likeness (QED) is 0.626. The number of likely N-dealkylation sites (tertiary alicyclic amines) is 1. The molecule has 1 aliphatic carbocycles. The first-order valence-electron chi connectivity index (χ1n) is 8.62. The number of nitrogens with zero attached hydrogens (tertiary/aromatic N) is 1. The van der Waals surface area contributed by atoms with Gasteiger partial charge in [-0.15, -0.1) is 12.3 Å².